The smallest absolute Gasteiger partial charge is 0.244 e. The fourth-order valence-corrected chi connectivity index (χ4v) is 3.95. The second kappa shape index (κ2) is 6.41. The average Bonchev–Trinajstić information content (AvgIpc) is 2.57. The van der Waals surface area contributed by atoms with Crippen molar-refractivity contribution in [1.29, 1.82) is 0 Å². The molecule has 0 radical (unpaired) electrons. The predicted molar refractivity (Wildman–Crippen MR) is 80.9 cm³/mol. The highest BCUT2D eigenvalue weighted by molar-refractivity contribution is 7.89. The number of aromatic nitrogens is 2. The third kappa shape index (κ3) is 3.26. The van der Waals surface area contributed by atoms with Gasteiger partial charge in [0.05, 0.1) is 6.54 Å². The molecule has 3 rings (SSSR count). The third-order valence-corrected chi connectivity index (χ3v) is 5.41. The molecule has 1 aliphatic heterocycles. The van der Waals surface area contributed by atoms with Gasteiger partial charge in [-0.2, -0.15) is 4.31 Å². The van der Waals surface area contributed by atoms with Gasteiger partial charge in [0, 0.05) is 31.3 Å². The summed E-state index contributed by atoms with van der Waals surface area (Å²) in [4.78, 5) is 8.05. The zero-order valence-corrected chi connectivity index (χ0v) is 12.8. The summed E-state index contributed by atoms with van der Waals surface area (Å²) in [7, 11) is -3.51. The minimum absolute atomic E-state index is 0.150. The molecule has 2 aromatic heterocycles. The number of hydrogen-bond donors (Lipinski definition) is 0. The minimum Gasteiger partial charge on any atom is -0.489 e. The maximum Gasteiger partial charge on any atom is 0.244 e. The molecule has 0 amide bonds. The van der Waals surface area contributed by atoms with Crippen LogP contribution in [0, 0.1) is 0 Å². The monoisotopic (exact) mass is 319 g/mol. The fourth-order valence-electron chi connectivity index (χ4n) is 2.48. The summed E-state index contributed by atoms with van der Waals surface area (Å²) in [5.74, 6) is 0.709. The summed E-state index contributed by atoms with van der Waals surface area (Å²) in [5.41, 5.74) is 0. The zero-order chi connectivity index (χ0) is 15.4. The van der Waals surface area contributed by atoms with Gasteiger partial charge in [0.15, 0.2) is 0 Å². The Morgan fingerprint density at radius 2 is 1.95 bits per heavy atom. The molecule has 2 aromatic rings. The van der Waals surface area contributed by atoms with E-state index in [2.05, 4.69) is 9.97 Å². The summed E-state index contributed by atoms with van der Waals surface area (Å²) in [5, 5.41) is 0. The number of pyridine rings is 2. The van der Waals surface area contributed by atoms with Crippen molar-refractivity contribution < 1.29 is 13.2 Å². The van der Waals surface area contributed by atoms with Crippen LogP contribution in [0.2, 0.25) is 0 Å². The van der Waals surface area contributed by atoms with Crippen LogP contribution < -0.4 is 4.74 Å². The number of rotatable bonds is 4. The van der Waals surface area contributed by atoms with Gasteiger partial charge in [0.25, 0.3) is 0 Å². The van der Waals surface area contributed by atoms with Gasteiger partial charge in [-0.05, 0) is 37.1 Å². The summed E-state index contributed by atoms with van der Waals surface area (Å²) in [6.45, 7) is 0.854. The number of piperidine rings is 1. The van der Waals surface area contributed by atoms with E-state index >= 15 is 0 Å². The van der Waals surface area contributed by atoms with Crippen LogP contribution >= 0.6 is 0 Å². The SMILES string of the molecule is O=S(=O)(c1cccnc1)N1CCC[C@@H](Oc2ccncc2)C1. The fraction of sp³-hybridized carbons (Fsp3) is 0.333. The number of nitrogens with zero attached hydrogens (tertiary/aromatic N) is 3. The van der Waals surface area contributed by atoms with E-state index in [1.807, 2.05) is 0 Å². The van der Waals surface area contributed by atoms with E-state index in [0.717, 1.165) is 12.8 Å². The van der Waals surface area contributed by atoms with Crippen LogP contribution in [0.25, 0.3) is 0 Å². The van der Waals surface area contributed by atoms with Gasteiger partial charge < -0.3 is 4.74 Å². The van der Waals surface area contributed by atoms with E-state index in [-0.39, 0.29) is 11.0 Å². The van der Waals surface area contributed by atoms with E-state index in [9.17, 15) is 8.42 Å². The number of sulfonamides is 1. The first-order valence-electron chi connectivity index (χ1n) is 7.13. The lowest BCUT2D eigenvalue weighted by Crippen LogP contribution is -2.44. The molecule has 1 atom stereocenters. The first-order valence-corrected chi connectivity index (χ1v) is 8.57. The average molecular weight is 319 g/mol. The van der Waals surface area contributed by atoms with Crippen LogP contribution in [0.4, 0.5) is 0 Å². The van der Waals surface area contributed by atoms with Gasteiger partial charge in [-0.3, -0.25) is 9.97 Å². The van der Waals surface area contributed by atoms with E-state index < -0.39 is 10.0 Å². The Morgan fingerprint density at radius 1 is 1.14 bits per heavy atom. The molecular weight excluding hydrogens is 302 g/mol. The van der Waals surface area contributed by atoms with Crippen molar-refractivity contribution in [2.45, 2.75) is 23.8 Å². The predicted octanol–water partition coefficient (Wildman–Crippen LogP) is 1.71. The van der Waals surface area contributed by atoms with Crippen LogP contribution in [0.15, 0.2) is 53.9 Å². The van der Waals surface area contributed by atoms with Crippen LogP contribution in [-0.4, -0.2) is 41.9 Å². The molecule has 1 saturated heterocycles. The number of hydrogen-bond acceptors (Lipinski definition) is 5. The van der Waals surface area contributed by atoms with E-state index in [1.54, 1.807) is 42.9 Å². The van der Waals surface area contributed by atoms with Crippen molar-refractivity contribution in [3.63, 3.8) is 0 Å². The van der Waals surface area contributed by atoms with Gasteiger partial charge in [-0.15, -0.1) is 0 Å². The molecular formula is C15H17N3O3S. The maximum absolute atomic E-state index is 12.6. The van der Waals surface area contributed by atoms with Gasteiger partial charge in [-0.25, -0.2) is 8.42 Å². The largest absolute Gasteiger partial charge is 0.489 e. The second-order valence-corrected chi connectivity index (χ2v) is 7.05. The van der Waals surface area contributed by atoms with Gasteiger partial charge in [0.1, 0.15) is 16.7 Å². The molecule has 1 aliphatic rings. The Kier molecular flexibility index (Phi) is 4.35. The third-order valence-electron chi connectivity index (χ3n) is 3.57. The second-order valence-electron chi connectivity index (χ2n) is 5.12. The molecule has 3 heterocycles. The topological polar surface area (TPSA) is 72.4 Å². The lowest BCUT2D eigenvalue weighted by atomic mass is 10.1. The van der Waals surface area contributed by atoms with Crippen molar-refractivity contribution in [2.24, 2.45) is 0 Å². The molecule has 0 spiro atoms. The first kappa shape index (κ1) is 14.9. The van der Waals surface area contributed by atoms with E-state index in [0.29, 0.717) is 18.8 Å². The molecule has 0 aliphatic carbocycles. The summed E-state index contributed by atoms with van der Waals surface area (Å²) < 4.78 is 32.5. The highest BCUT2D eigenvalue weighted by Gasteiger charge is 2.31. The van der Waals surface area contributed by atoms with Crippen LogP contribution in [0.5, 0.6) is 5.75 Å². The molecule has 116 valence electrons. The molecule has 0 bridgehead atoms. The first-order chi connectivity index (χ1) is 10.7. The van der Waals surface area contributed by atoms with E-state index in [4.69, 9.17) is 4.74 Å². The Hall–Kier alpha value is -1.99. The van der Waals surface area contributed by atoms with Crippen molar-refractivity contribution in [2.75, 3.05) is 13.1 Å². The normalized spacial score (nSPS) is 19.7. The van der Waals surface area contributed by atoms with Crippen molar-refractivity contribution in [3.8, 4) is 5.75 Å². The van der Waals surface area contributed by atoms with Crippen LogP contribution in [0.1, 0.15) is 12.8 Å². The lowest BCUT2D eigenvalue weighted by molar-refractivity contribution is 0.129. The Balaban J connectivity index is 1.73. The molecule has 0 saturated carbocycles. The molecule has 0 unspecified atom stereocenters. The molecule has 22 heavy (non-hydrogen) atoms. The van der Waals surface area contributed by atoms with Crippen LogP contribution in [-0.2, 0) is 10.0 Å². The highest BCUT2D eigenvalue weighted by Crippen LogP contribution is 2.22. The maximum atomic E-state index is 12.6. The summed E-state index contributed by atoms with van der Waals surface area (Å²) in [6, 6.07) is 6.74. The Labute approximate surface area is 129 Å². The van der Waals surface area contributed by atoms with E-state index in [1.165, 1.54) is 10.5 Å². The Morgan fingerprint density at radius 3 is 2.68 bits per heavy atom. The molecule has 0 N–H and O–H groups in total. The standard InChI is InChI=1S/C15H17N3O3S/c19-22(20,15-4-1-7-17-11-15)18-10-2-3-14(12-18)21-13-5-8-16-9-6-13/h1,4-9,11,14H,2-3,10,12H2/t14-/m1/s1. The minimum atomic E-state index is -3.51. The van der Waals surface area contributed by atoms with Crippen molar-refractivity contribution in [1.82, 2.24) is 14.3 Å². The lowest BCUT2D eigenvalue weighted by Gasteiger charge is -2.32. The highest BCUT2D eigenvalue weighted by atomic mass is 32.2. The summed E-state index contributed by atoms with van der Waals surface area (Å²) in [6.07, 6.45) is 7.71. The van der Waals surface area contributed by atoms with Gasteiger partial charge >= 0.3 is 0 Å². The summed E-state index contributed by atoms with van der Waals surface area (Å²) >= 11 is 0. The molecule has 7 heteroatoms. The van der Waals surface area contributed by atoms with Crippen molar-refractivity contribution >= 4 is 10.0 Å². The zero-order valence-electron chi connectivity index (χ0n) is 12.0. The van der Waals surface area contributed by atoms with Gasteiger partial charge in [0.2, 0.25) is 10.0 Å². The Bertz CT molecular complexity index is 707. The number of ether oxygens (including phenoxy) is 1. The van der Waals surface area contributed by atoms with Crippen LogP contribution in [0.3, 0.4) is 0 Å². The molecule has 0 aromatic carbocycles. The van der Waals surface area contributed by atoms with Crippen molar-refractivity contribution in [3.05, 3.63) is 49.1 Å². The molecule has 6 nitrogen and oxygen atoms in total. The quantitative estimate of drug-likeness (QED) is 0.858. The van der Waals surface area contributed by atoms with Gasteiger partial charge in [-0.1, -0.05) is 0 Å². The molecule has 1 fully saturated rings.